The molecule has 0 spiro atoms. The first-order valence-corrected chi connectivity index (χ1v) is 5.69. The fraction of sp³-hybridized carbons (Fsp3) is 0.0769. The molecule has 0 amide bonds. The fourth-order valence-electron chi connectivity index (χ4n) is 1.92. The van der Waals surface area contributed by atoms with Gasteiger partial charge in [-0.25, -0.2) is 18.4 Å². The Morgan fingerprint density at radius 1 is 1.30 bits per heavy atom. The lowest BCUT2D eigenvalue weighted by molar-refractivity contribution is 0.582. The molecule has 0 fully saturated rings. The maximum Gasteiger partial charge on any atom is 0.172 e. The van der Waals surface area contributed by atoms with E-state index in [0.717, 1.165) is 12.4 Å². The van der Waals surface area contributed by atoms with E-state index < -0.39 is 11.6 Å². The summed E-state index contributed by atoms with van der Waals surface area (Å²) in [6, 6.07) is 4.57. The number of pyridine rings is 2. The minimum atomic E-state index is -0.552. The smallest absolute Gasteiger partial charge is 0.172 e. The Labute approximate surface area is 112 Å². The molecule has 3 heterocycles. The Kier molecular flexibility index (Phi) is 2.84. The van der Waals surface area contributed by atoms with Gasteiger partial charge in [0.15, 0.2) is 11.3 Å². The van der Waals surface area contributed by atoms with E-state index in [1.807, 2.05) is 6.07 Å². The minimum absolute atomic E-state index is 0.0569. The molecule has 5 nitrogen and oxygen atoms in total. The summed E-state index contributed by atoms with van der Waals surface area (Å²) in [5.41, 5.74) is 0.751. The second-order valence-corrected chi connectivity index (χ2v) is 4.11. The highest BCUT2D eigenvalue weighted by Gasteiger charge is 2.14. The van der Waals surface area contributed by atoms with Gasteiger partial charge in [0.2, 0.25) is 0 Å². The highest BCUT2D eigenvalue weighted by atomic mass is 19.1. The Hall–Kier alpha value is -2.88. The average Bonchev–Trinajstić information content (AvgIpc) is 2.78. The standard InChI is InChI=1S/C13H7F2N5/c14-9-3-10-12(4-16)19-20(13(10)18-5-9)7-8-1-2-17-6-11(8)15/h1-3,5-6H,7H2. The number of hydrogen-bond donors (Lipinski definition) is 0. The van der Waals surface area contributed by atoms with Crippen molar-refractivity contribution in [2.24, 2.45) is 0 Å². The maximum atomic E-state index is 13.6. The van der Waals surface area contributed by atoms with Crippen LogP contribution in [0.1, 0.15) is 11.3 Å². The van der Waals surface area contributed by atoms with Crippen molar-refractivity contribution in [3.63, 3.8) is 0 Å². The molecule has 3 aromatic rings. The molecule has 0 aliphatic rings. The Morgan fingerprint density at radius 3 is 2.90 bits per heavy atom. The Bertz CT molecular complexity index is 834. The van der Waals surface area contributed by atoms with Gasteiger partial charge in [0, 0.05) is 11.8 Å². The molecular formula is C13H7F2N5. The van der Waals surface area contributed by atoms with Crippen LogP contribution in [0.5, 0.6) is 0 Å². The highest BCUT2D eigenvalue weighted by Crippen LogP contribution is 2.18. The lowest BCUT2D eigenvalue weighted by atomic mass is 10.2. The third-order valence-corrected chi connectivity index (χ3v) is 2.84. The van der Waals surface area contributed by atoms with Gasteiger partial charge in [-0.1, -0.05) is 0 Å². The number of fused-ring (bicyclic) bond motifs is 1. The van der Waals surface area contributed by atoms with Gasteiger partial charge in [-0.2, -0.15) is 10.4 Å². The van der Waals surface area contributed by atoms with Crippen molar-refractivity contribution in [3.05, 3.63) is 53.6 Å². The molecule has 3 rings (SSSR count). The van der Waals surface area contributed by atoms with E-state index in [1.165, 1.54) is 23.0 Å². The number of aromatic nitrogens is 4. The third kappa shape index (κ3) is 1.97. The number of nitrogens with zero attached hydrogens (tertiary/aromatic N) is 5. The van der Waals surface area contributed by atoms with Crippen LogP contribution >= 0.6 is 0 Å². The molecule has 7 heteroatoms. The summed E-state index contributed by atoms with van der Waals surface area (Å²) in [6.45, 7) is 0.0885. The van der Waals surface area contributed by atoms with E-state index >= 15 is 0 Å². The summed E-state index contributed by atoms with van der Waals surface area (Å²) in [5.74, 6) is -1.03. The molecule has 0 unspecified atom stereocenters. The van der Waals surface area contributed by atoms with Gasteiger partial charge in [-0.15, -0.1) is 0 Å². The van der Waals surface area contributed by atoms with Crippen LogP contribution in [0.2, 0.25) is 0 Å². The summed E-state index contributed by atoms with van der Waals surface area (Å²) in [6.07, 6.45) is 3.59. The Balaban J connectivity index is 2.13. The van der Waals surface area contributed by atoms with Crippen LogP contribution in [0, 0.1) is 23.0 Å². The van der Waals surface area contributed by atoms with Crippen molar-refractivity contribution in [2.75, 3.05) is 0 Å². The van der Waals surface area contributed by atoms with Crippen LogP contribution in [-0.2, 0) is 6.54 Å². The molecule has 0 radical (unpaired) electrons. The molecule has 0 atom stereocenters. The van der Waals surface area contributed by atoms with E-state index in [0.29, 0.717) is 16.6 Å². The third-order valence-electron chi connectivity index (χ3n) is 2.84. The summed E-state index contributed by atoms with van der Waals surface area (Å²) < 4.78 is 28.1. The quantitative estimate of drug-likeness (QED) is 0.715. The second kappa shape index (κ2) is 4.66. The summed E-state index contributed by atoms with van der Waals surface area (Å²) in [7, 11) is 0. The normalized spacial score (nSPS) is 10.7. The predicted octanol–water partition coefficient (Wildman–Crippen LogP) is 2.02. The lowest BCUT2D eigenvalue weighted by Gasteiger charge is -2.03. The van der Waals surface area contributed by atoms with E-state index in [9.17, 15) is 8.78 Å². The molecule has 0 aliphatic carbocycles. The van der Waals surface area contributed by atoms with Crippen molar-refractivity contribution in [2.45, 2.75) is 6.54 Å². The number of rotatable bonds is 2. The molecule has 0 saturated heterocycles. The van der Waals surface area contributed by atoms with Crippen molar-refractivity contribution in [1.29, 1.82) is 5.26 Å². The minimum Gasteiger partial charge on any atom is -0.262 e. The van der Waals surface area contributed by atoms with Gasteiger partial charge in [-0.05, 0) is 12.1 Å². The van der Waals surface area contributed by atoms with Crippen LogP contribution in [0.15, 0.2) is 30.7 Å². The zero-order chi connectivity index (χ0) is 14.1. The fourth-order valence-corrected chi connectivity index (χ4v) is 1.92. The maximum absolute atomic E-state index is 13.6. The van der Waals surface area contributed by atoms with E-state index in [1.54, 1.807) is 0 Å². The van der Waals surface area contributed by atoms with Gasteiger partial charge in [-0.3, -0.25) is 4.98 Å². The summed E-state index contributed by atoms with van der Waals surface area (Å²) in [5, 5.41) is 13.3. The van der Waals surface area contributed by atoms with Gasteiger partial charge < -0.3 is 0 Å². The highest BCUT2D eigenvalue weighted by molar-refractivity contribution is 5.80. The van der Waals surface area contributed by atoms with Crippen LogP contribution in [0.4, 0.5) is 8.78 Å². The van der Waals surface area contributed by atoms with Gasteiger partial charge in [0.1, 0.15) is 17.7 Å². The molecular weight excluding hydrogens is 264 g/mol. The molecule has 0 aliphatic heterocycles. The lowest BCUT2D eigenvalue weighted by Crippen LogP contribution is -2.05. The van der Waals surface area contributed by atoms with Crippen LogP contribution in [0.25, 0.3) is 11.0 Å². The summed E-state index contributed by atoms with van der Waals surface area (Å²) in [4.78, 5) is 7.57. The zero-order valence-corrected chi connectivity index (χ0v) is 10.1. The summed E-state index contributed by atoms with van der Waals surface area (Å²) >= 11 is 0. The van der Waals surface area contributed by atoms with Gasteiger partial charge >= 0.3 is 0 Å². The van der Waals surface area contributed by atoms with Crippen molar-refractivity contribution in [3.8, 4) is 6.07 Å². The number of halogens is 2. The molecule has 3 aromatic heterocycles. The van der Waals surface area contributed by atoms with Gasteiger partial charge in [0.05, 0.1) is 24.3 Å². The van der Waals surface area contributed by atoms with Crippen LogP contribution in [0.3, 0.4) is 0 Å². The number of hydrogen-bond acceptors (Lipinski definition) is 4. The largest absolute Gasteiger partial charge is 0.262 e. The molecule has 0 bridgehead atoms. The SMILES string of the molecule is N#Cc1nn(Cc2ccncc2F)c2ncc(F)cc12. The monoisotopic (exact) mass is 271 g/mol. The molecule has 98 valence electrons. The van der Waals surface area contributed by atoms with Crippen LogP contribution in [-0.4, -0.2) is 19.7 Å². The topological polar surface area (TPSA) is 67.4 Å². The molecule has 20 heavy (non-hydrogen) atoms. The first-order chi connectivity index (χ1) is 9.69. The molecule has 0 aromatic carbocycles. The van der Waals surface area contributed by atoms with Crippen LogP contribution < -0.4 is 0 Å². The van der Waals surface area contributed by atoms with E-state index in [4.69, 9.17) is 5.26 Å². The van der Waals surface area contributed by atoms with Gasteiger partial charge in [0.25, 0.3) is 0 Å². The zero-order valence-electron chi connectivity index (χ0n) is 10.1. The van der Waals surface area contributed by atoms with Crippen molar-refractivity contribution >= 4 is 11.0 Å². The first kappa shape index (κ1) is 12.2. The van der Waals surface area contributed by atoms with E-state index in [2.05, 4.69) is 15.1 Å². The van der Waals surface area contributed by atoms with Crippen molar-refractivity contribution in [1.82, 2.24) is 19.7 Å². The average molecular weight is 271 g/mol. The predicted molar refractivity (Wildman–Crippen MR) is 65.5 cm³/mol. The Morgan fingerprint density at radius 2 is 2.15 bits per heavy atom. The number of nitriles is 1. The van der Waals surface area contributed by atoms with E-state index in [-0.39, 0.29) is 12.2 Å². The molecule has 0 N–H and O–H groups in total. The first-order valence-electron chi connectivity index (χ1n) is 5.69. The molecule has 0 saturated carbocycles. The van der Waals surface area contributed by atoms with Crippen molar-refractivity contribution < 1.29 is 8.78 Å². The second-order valence-electron chi connectivity index (χ2n) is 4.11.